The summed E-state index contributed by atoms with van der Waals surface area (Å²) in [4.78, 5) is 21.8. The van der Waals surface area contributed by atoms with E-state index in [9.17, 15) is 22.8 Å². The molecule has 0 fully saturated rings. The van der Waals surface area contributed by atoms with Gasteiger partial charge in [-0.2, -0.15) is 13.2 Å². The molecule has 21 heavy (non-hydrogen) atoms. The third kappa shape index (κ3) is 4.97. The Kier molecular flexibility index (Phi) is 5.57. The van der Waals surface area contributed by atoms with Crippen molar-refractivity contribution >= 4 is 11.9 Å². The van der Waals surface area contributed by atoms with Gasteiger partial charge in [0.2, 0.25) is 0 Å². The van der Waals surface area contributed by atoms with Crippen molar-refractivity contribution in [2.24, 2.45) is 0 Å². The summed E-state index contributed by atoms with van der Waals surface area (Å²) in [7, 11) is 0. The van der Waals surface area contributed by atoms with E-state index in [0.717, 1.165) is 0 Å². The van der Waals surface area contributed by atoms with Crippen LogP contribution in [-0.4, -0.2) is 29.8 Å². The minimum atomic E-state index is -5.09. The second kappa shape index (κ2) is 6.96. The van der Waals surface area contributed by atoms with Gasteiger partial charge in [-0.1, -0.05) is 18.2 Å². The molecule has 0 spiro atoms. The Hall–Kier alpha value is -2.25. The number of halogens is 3. The number of nitrogens with one attached hydrogen (secondary N) is 1. The molecule has 0 radical (unpaired) electrons. The third-order valence-corrected chi connectivity index (χ3v) is 2.54. The Balaban J connectivity index is 3.08. The van der Waals surface area contributed by atoms with Crippen molar-refractivity contribution in [2.75, 3.05) is 6.61 Å². The number of para-hydroxylation sites is 1. The summed E-state index contributed by atoms with van der Waals surface area (Å²) in [5.74, 6) is -3.30. The molecule has 116 valence electrons. The van der Waals surface area contributed by atoms with Gasteiger partial charge in [0.15, 0.2) is 0 Å². The zero-order chi connectivity index (χ0) is 16.0. The number of hydrogen-bond donors (Lipinski definition) is 2. The lowest BCUT2D eigenvalue weighted by molar-refractivity contribution is -0.174. The van der Waals surface area contributed by atoms with Crippen LogP contribution in [0.3, 0.4) is 0 Å². The third-order valence-electron chi connectivity index (χ3n) is 2.54. The lowest BCUT2D eigenvalue weighted by Crippen LogP contribution is -2.40. The van der Waals surface area contributed by atoms with Crippen LogP contribution in [0.25, 0.3) is 0 Å². The van der Waals surface area contributed by atoms with Crippen molar-refractivity contribution in [3.05, 3.63) is 29.8 Å². The molecule has 5 nitrogen and oxygen atoms in total. The Morgan fingerprint density at radius 2 is 1.95 bits per heavy atom. The molecule has 1 aromatic rings. The van der Waals surface area contributed by atoms with E-state index in [1.807, 2.05) is 0 Å². The number of carbonyl (C=O) groups excluding carboxylic acids is 1. The van der Waals surface area contributed by atoms with E-state index in [1.165, 1.54) is 18.2 Å². The number of ether oxygens (including phenoxy) is 1. The molecule has 0 bridgehead atoms. The average molecular weight is 305 g/mol. The minimum absolute atomic E-state index is 0.180. The van der Waals surface area contributed by atoms with Gasteiger partial charge in [-0.3, -0.25) is 9.59 Å². The zero-order valence-corrected chi connectivity index (χ0v) is 11.1. The smallest absolute Gasteiger partial charge is 0.471 e. The Morgan fingerprint density at radius 3 is 2.48 bits per heavy atom. The molecule has 0 aliphatic rings. The molecular formula is C13H14F3NO4. The van der Waals surface area contributed by atoms with E-state index in [1.54, 1.807) is 18.3 Å². The second-order valence-corrected chi connectivity index (χ2v) is 4.09. The summed E-state index contributed by atoms with van der Waals surface area (Å²) in [5, 5.41) is 10.5. The van der Waals surface area contributed by atoms with E-state index in [-0.39, 0.29) is 17.9 Å². The first kappa shape index (κ1) is 16.8. The quantitative estimate of drug-likeness (QED) is 0.845. The van der Waals surface area contributed by atoms with Crippen LogP contribution >= 0.6 is 0 Å². The van der Waals surface area contributed by atoms with Crippen LogP contribution in [0.1, 0.15) is 24.9 Å². The first-order chi connectivity index (χ1) is 9.75. The van der Waals surface area contributed by atoms with Crippen molar-refractivity contribution in [3.8, 4) is 5.75 Å². The molecule has 1 atom stereocenters. The summed E-state index contributed by atoms with van der Waals surface area (Å²) in [6.07, 6.45) is -5.77. The number of carboxylic acid groups (broad SMARTS) is 1. The molecule has 2 N–H and O–H groups in total. The molecule has 1 rings (SSSR count). The van der Waals surface area contributed by atoms with Crippen LogP contribution in [-0.2, 0) is 9.59 Å². The summed E-state index contributed by atoms with van der Waals surface area (Å²) in [5.41, 5.74) is 0.180. The number of alkyl halides is 3. The molecule has 0 aromatic heterocycles. The van der Waals surface area contributed by atoms with Crippen molar-refractivity contribution in [3.63, 3.8) is 0 Å². The number of aliphatic carboxylic acids is 1. The van der Waals surface area contributed by atoms with Crippen LogP contribution in [0, 0.1) is 0 Å². The number of carbonyl (C=O) groups is 2. The van der Waals surface area contributed by atoms with Gasteiger partial charge in [-0.25, -0.2) is 0 Å². The summed E-state index contributed by atoms with van der Waals surface area (Å²) in [6.45, 7) is 1.93. The number of carboxylic acids is 1. The molecule has 0 aliphatic heterocycles. The SMILES string of the molecule is CCOc1ccccc1[C@@H](CC(=O)O)NC(=O)C(F)(F)F. The van der Waals surface area contributed by atoms with Gasteiger partial charge < -0.3 is 15.2 Å². The minimum Gasteiger partial charge on any atom is -0.494 e. The fourth-order valence-electron chi connectivity index (χ4n) is 1.71. The Labute approximate surface area is 118 Å². The first-order valence-corrected chi connectivity index (χ1v) is 6.07. The van der Waals surface area contributed by atoms with Crippen LogP contribution in [0.2, 0.25) is 0 Å². The lowest BCUT2D eigenvalue weighted by Gasteiger charge is -2.21. The normalized spacial score (nSPS) is 12.6. The Morgan fingerprint density at radius 1 is 1.33 bits per heavy atom. The standard InChI is InChI=1S/C13H14F3NO4/c1-2-21-10-6-4-3-5-8(10)9(7-11(18)19)17-12(20)13(14,15)16/h3-6,9H,2,7H2,1H3,(H,17,20)(H,18,19)/t9-/m1/s1. The van der Waals surface area contributed by atoms with Gasteiger partial charge >= 0.3 is 18.1 Å². The predicted molar refractivity (Wildman–Crippen MR) is 66.8 cm³/mol. The van der Waals surface area contributed by atoms with Crippen LogP contribution in [0.15, 0.2) is 24.3 Å². The van der Waals surface area contributed by atoms with E-state index >= 15 is 0 Å². The van der Waals surface area contributed by atoms with Gasteiger partial charge in [0, 0.05) is 5.56 Å². The highest BCUT2D eigenvalue weighted by Crippen LogP contribution is 2.28. The molecule has 0 heterocycles. The molecule has 8 heteroatoms. The van der Waals surface area contributed by atoms with Crippen molar-refractivity contribution < 1.29 is 32.6 Å². The Bertz CT molecular complexity index is 516. The molecular weight excluding hydrogens is 291 g/mol. The van der Waals surface area contributed by atoms with E-state index in [2.05, 4.69) is 0 Å². The van der Waals surface area contributed by atoms with E-state index in [0.29, 0.717) is 0 Å². The van der Waals surface area contributed by atoms with Crippen molar-refractivity contribution in [1.82, 2.24) is 5.32 Å². The average Bonchev–Trinajstić information content (AvgIpc) is 2.37. The monoisotopic (exact) mass is 305 g/mol. The molecule has 0 saturated carbocycles. The van der Waals surface area contributed by atoms with E-state index < -0.39 is 30.5 Å². The largest absolute Gasteiger partial charge is 0.494 e. The first-order valence-electron chi connectivity index (χ1n) is 6.07. The van der Waals surface area contributed by atoms with Crippen LogP contribution in [0.4, 0.5) is 13.2 Å². The van der Waals surface area contributed by atoms with Gasteiger partial charge in [0.1, 0.15) is 5.75 Å². The lowest BCUT2D eigenvalue weighted by atomic mass is 10.0. The maximum Gasteiger partial charge on any atom is 0.471 e. The molecule has 0 aliphatic carbocycles. The maximum absolute atomic E-state index is 12.3. The van der Waals surface area contributed by atoms with Gasteiger partial charge in [-0.05, 0) is 13.0 Å². The highest BCUT2D eigenvalue weighted by Gasteiger charge is 2.40. The molecule has 0 saturated heterocycles. The highest BCUT2D eigenvalue weighted by atomic mass is 19.4. The number of hydrogen-bond acceptors (Lipinski definition) is 3. The van der Waals surface area contributed by atoms with E-state index in [4.69, 9.17) is 9.84 Å². The van der Waals surface area contributed by atoms with Gasteiger partial charge in [0.25, 0.3) is 0 Å². The highest BCUT2D eigenvalue weighted by molar-refractivity contribution is 5.83. The summed E-state index contributed by atoms with van der Waals surface area (Å²) >= 11 is 0. The maximum atomic E-state index is 12.3. The summed E-state index contributed by atoms with van der Waals surface area (Å²) in [6, 6.07) is 4.69. The predicted octanol–water partition coefficient (Wildman–Crippen LogP) is 2.28. The summed E-state index contributed by atoms with van der Waals surface area (Å²) < 4.78 is 42.2. The number of amides is 1. The molecule has 1 aromatic carbocycles. The second-order valence-electron chi connectivity index (χ2n) is 4.09. The van der Waals surface area contributed by atoms with Gasteiger partial charge in [0.05, 0.1) is 19.1 Å². The van der Waals surface area contributed by atoms with Crippen molar-refractivity contribution in [1.29, 1.82) is 0 Å². The fraction of sp³-hybridized carbons (Fsp3) is 0.385. The van der Waals surface area contributed by atoms with Crippen LogP contribution < -0.4 is 10.1 Å². The zero-order valence-electron chi connectivity index (χ0n) is 11.1. The fourth-order valence-corrected chi connectivity index (χ4v) is 1.71. The molecule has 1 amide bonds. The van der Waals surface area contributed by atoms with Gasteiger partial charge in [-0.15, -0.1) is 0 Å². The van der Waals surface area contributed by atoms with Crippen molar-refractivity contribution in [2.45, 2.75) is 25.6 Å². The number of rotatable bonds is 6. The molecule has 0 unspecified atom stereocenters. The van der Waals surface area contributed by atoms with Crippen LogP contribution in [0.5, 0.6) is 5.75 Å². The number of benzene rings is 1. The topological polar surface area (TPSA) is 75.6 Å².